The third-order valence-corrected chi connectivity index (χ3v) is 9.59. The predicted octanol–water partition coefficient (Wildman–Crippen LogP) is 3.56. The molecule has 0 aromatic carbocycles. The fourth-order valence-electron chi connectivity index (χ4n) is 2.79. The van der Waals surface area contributed by atoms with E-state index in [9.17, 15) is 0 Å². The Hall–Kier alpha value is 0.137. The highest BCUT2D eigenvalue weighted by Crippen LogP contribution is 2.42. The number of rotatable bonds is 6. The van der Waals surface area contributed by atoms with Gasteiger partial charge in [0.2, 0.25) is 8.32 Å². The van der Waals surface area contributed by atoms with Crippen molar-refractivity contribution in [2.45, 2.75) is 71.2 Å². The molecule has 0 aliphatic rings. The van der Waals surface area contributed by atoms with Crippen LogP contribution in [0.25, 0.3) is 0 Å². The van der Waals surface area contributed by atoms with Gasteiger partial charge in [0.1, 0.15) is 0 Å². The van der Waals surface area contributed by atoms with Crippen molar-refractivity contribution in [2.24, 2.45) is 0 Å². The fraction of sp³-hybridized carbons (Fsp3) is 1.00. The molecule has 2 nitrogen and oxygen atoms in total. The number of hydrogen-bond donors (Lipinski definition) is 1. The van der Waals surface area contributed by atoms with E-state index in [1.54, 1.807) is 0 Å². The molecule has 0 aromatic heterocycles. The lowest BCUT2D eigenvalue weighted by Crippen LogP contribution is -2.50. The molecule has 15 heavy (non-hydrogen) atoms. The number of aliphatic hydroxyl groups is 1. The van der Waals surface area contributed by atoms with Crippen LogP contribution < -0.4 is 0 Å². The van der Waals surface area contributed by atoms with E-state index in [4.69, 9.17) is 9.53 Å². The van der Waals surface area contributed by atoms with Gasteiger partial charge in [-0.3, -0.25) is 0 Å². The van der Waals surface area contributed by atoms with Crippen LogP contribution in [0.4, 0.5) is 0 Å². The molecule has 0 aliphatic heterocycles. The Morgan fingerprint density at radius 3 is 1.40 bits per heavy atom. The minimum absolute atomic E-state index is 0.0242. The Labute approximate surface area is 96.2 Å². The summed E-state index contributed by atoms with van der Waals surface area (Å²) in [6, 6.07) is 0. The maximum Gasteiger partial charge on any atom is 0.200 e. The van der Waals surface area contributed by atoms with Gasteiger partial charge in [-0.15, -0.1) is 0 Å². The molecule has 0 spiro atoms. The van der Waals surface area contributed by atoms with Crippen LogP contribution in [0.15, 0.2) is 0 Å². The molecule has 0 radical (unpaired) electrons. The van der Waals surface area contributed by atoms with Gasteiger partial charge < -0.3 is 9.53 Å². The highest BCUT2D eigenvalue weighted by molar-refractivity contribution is 6.77. The summed E-state index contributed by atoms with van der Waals surface area (Å²) in [5.74, 6) is 0. The van der Waals surface area contributed by atoms with Gasteiger partial charge in [0, 0.05) is 0 Å². The van der Waals surface area contributed by atoms with Crippen LogP contribution >= 0.6 is 0 Å². The lowest BCUT2D eigenvalue weighted by atomic mass is 10.5. The first-order valence-electron chi connectivity index (χ1n) is 6.07. The second-order valence-electron chi connectivity index (χ2n) is 5.43. The third-order valence-electron chi connectivity index (χ3n) is 3.37. The van der Waals surface area contributed by atoms with Gasteiger partial charge in [-0.1, -0.05) is 41.5 Å². The molecule has 0 heterocycles. The van der Waals surface area contributed by atoms with Crippen LogP contribution in [0, 0.1) is 0 Å². The topological polar surface area (TPSA) is 29.5 Å². The van der Waals surface area contributed by atoms with Crippen LogP contribution in [-0.4, -0.2) is 26.1 Å². The van der Waals surface area contributed by atoms with Gasteiger partial charge in [-0.05, 0) is 23.5 Å². The summed E-state index contributed by atoms with van der Waals surface area (Å²) >= 11 is 0. The zero-order chi connectivity index (χ0) is 12.2. The minimum atomic E-state index is -1.77. The minimum Gasteiger partial charge on any atom is -0.411 e. The first-order chi connectivity index (χ1) is 6.78. The molecule has 0 rings (SSSR count). The van der Waals surface area contributed by atoms with E-state index in [-0.39, 0.29) is 12.7 Å². The van der Waals surface area contributed by atoms with Crippen molar-refractivity contribution in [1.82, 2.24) is 0 Å². The molecule has 0 bridgehead atoms. The summed E-state index contributed by atoms with van der Waals surface area (Å²) in [4.78, 5) is 0. The molecule has 0 aromatic rings. The van der Waals surface area contributed by atoms with Crippen molar-refractivity contribution >= 4 is 8.32 Å². The van der Waals surface area contributed by atoms with E-state index in [2.05, 4.69) is 41.5 Å². The molecule has 0 aliphatic carbocycles. The van der Waals surface area contributed by atoms with Gasteiger partial charge in [0.25, 0.3) is 0 Å². The van der Waals surface area contributed by atoms with Crippen molar-refractivity contribution in [3.05, 3.63) is 0 Å². The average Bonchev–Trinajstić information content (AvgIpc) is 2.11. The highest BCUT2D eigenvalue weighted by Gasteiger charge is 2.45. The SMILES string of the molecule is CC(CO)O[Si](C(C)C)(C(C)C)C(C)C. The number of aliphatic hydroxyl groups excluding tert-OH is 1. The largest absolute Gasteiger partial charge is 0.411 e. The smallest absolute Gasteiger partial charge is 0.200 e. The second-order valence-corrected chi connectivity index (χ2v) is 10.8. The molecule has 1 atom stereocenters. The van der Waals surface area contributed by atoms with Crippen LogP contribution in [0.1, 0.15) is 48.5 Å². The Morgan fingerprint density at radius 1 is 0.867 bits per heavy atom. The summed E-state index contributed by atoms with van der Waals surface area (Å²) in [6.45, 7) is 15.7. The molecular weight excluding hydrogens is 204 g/mol. The van der Waals surface area contributed by atoms with Crippen LogP contribution in [0.2, 0.25) is 16.6 Å². The van der Waals surface area contributed by atoms with Gasteiger partial charge in [0.05, 0.1) is 12.7 Å². The molecule has 1 N–H and O–H groups in total. The average molecular weight is 232 g/mol. The lowest BCUT2D eigenvalue weighted by molar-refractivity contribution is 0.112. The van der Waals surface area contributed by atoms with Crippen molar-refractivity contribution < 1.29 is 9.53 Å². The van der Waals surface area contributed by atoms with Crippen LogP contribution in [-0.2, 0) is 4.43 Å². The van der Waals surface area contributed by atoms with Gasteiger partial charge in [-0.25, -0.2) is 0 Å². The zero-order valence-corrected chi connectivity index (χ0v) is 12.4. The van der Waals surface area contributed by atoms with E-state index < -0.39 is 8.32 Å². The van der Waals surface area contributed by atoms with Gasteiger partial charge in [0.15, 0.2) is 0 Å². The first kappa shape index (κ1) is 15.1. The predicted molar refractivity (Wildman–Crippen MR) is 68.7 cm³/mol. The van der Waals surface area contributed by atoms with Gasteiger partial charge in [-0.2, -0.15) is 0 Å². The Balaban J connectivity index is 4.96. The lowest BCUT2D eigenvalue weighted by Gasteiger charge is -2.43. The summed E-state index contributed by atoms with van der Waals surface area (Å²) in [5.41, 5.74) is 1.77. The first-order valence-corrected chi connectivity index (χ1v) is 8.21. The van der Waals surface area contributed by atoms with E-state index in [0.717, 1.165) is 0 Å². The summed E-state index contributed by atoms with van der Waals surface area (Å²) in [7, 11) is -1.77. The quantitative estimate of drug-likeness (QED) is 0.710. The normalized spacial score (nSPS) is 15.4. The Morgan fingerprint density at radius 2 is 1.20 bits per heavy atom. The molecule has 1 unspecified atom stereocenters. The van der Waals surface area contributed by atoms with Crippen molar-refractivity contribution in [3.63, 3.8) is 0 Å². The van der Waals surface area contributed by atoms with Gasteiger partial charge >= 0.3 is 0 Å². The molecule has 3 heteroatoms. The fourth-order valence-corrected chi connectivity index (χ4v) is 8.38. The number of hydrogen-bond acceptors (Lipinski definition) is 2. The van der Waals surface area contributed by atoms with E-state index in [1.807, 2.05) is 6.92 Å². The van der Waals surface area contributed by atoms with Crippen molar-refractivity contribution in [1.29, 1.82) is 0 Å². The van der Waals surface area contributed by atoms with Crippen LogP contribution in [0.3, 0.4) is 0 Å². The summed E-state index contributed by atoms with van der Waals surface area (Å²) < 4.78 is 6.26. The summed E-state index contributed by atoms with van der Waals surface area (Å²) in [5, 5.41) is 9.14. The maximum atomic E-state index is 9.14. The zero-order valence-electron chi connectivity index (χ0n) is 11.4. The van der Waals surface area contributed by atoms with E-state index in [1.165, 1.54) is 0 Å². The maximum absolute atomic E-state index is 9.14. The molecular formula is C12H28O2Si. The second kappa shape index (κ2) is 6.02. The van der Waals surface area contributed by atoms with Crippen LogP contribution in [0.5, 0.6) is 0 Å². The van der Waals surface area contributed by atoms with Crippen molar-refractivity contribution in [3.8, 4) is 0 Å². The Kier molecular flexibility index (Phi) is 6.07. The molecule has 0 fully saturated rings. The Bertz CT molecular complexity index is 157. The third kappa shape index (κ3) is 3.30. The van der Waals surface area contributed by atoms with E-state index in [0.29, 0.717) is 16.6 Å². The monoisotopic (exact) mass is 232 g/mol. The molecule has 0 saturated carbocycles. The molecule has 0 saturated heterocycles. The standard InChI is InChI=1S/C12H28O2Si/c1-9(2)15(10(3)4,11(5)6)14-12(7)8-13/h9-13H,8H2,1-7H3. The van der Waals surface area contributed by atoms with E-state index >= 15 is 0 Å². The van der Waals surface area contributed by atoms with Crippen molar-refractivity contribution in [2.75, 3.05) is 6.61 Å². The highest BCUT2D eigenvalue weighted by atomic mass is 28.4. The molecule has 0 amide bonds. The summed E-state index contributed by atoms with van der Waals surface area (Å²) in [6.07, 6.45) is -0.0242. The molecule has 92 valence electrons.